The molecule has 0 saturated carbocycles. The fourth-order valence-corrected chi connectivity index (χ4v) is 11.1. The molecule has 0 aliphatic heterocycles. The Morgan fingerprint density at radius 1 is 0.351 bits per heavy atom. The van der Waals surface area contributed by atoms with Crippen molar-refractivity contribution in [2.75, 3.05) is 13.2 Å². The molecule has 1 amide bonds. The molecule has 456 valence electrons. The maximum Gasteiger partial charge on any atom is 0.305 e. The van der Waals surface area contributed by atoms with Crippen molar-refractivity contribution in [3.05, 3.63) is 24.3 Å². The number of ether oxygens (including phenoxy) is 1. The Bertz CT molecular complexity index is 1200. The molecule has 2 unspecified atom stereocenters. The number of amides is 1. The van der Waals surface area contributed by atoms with Gasteiger partial charge in [-0.05, 0) is 57.8 Å². The number of aliphatic hydroxyl groups is 2. The second-order valence-corrected chi connectivity index (χ2v) is 24.2. The van der Waals surface area contributed by atoms with E-state index in [9.17, 15) is 19.8 Å². The van der Waals surface area contributed by atoms with Crippen molar-refractivity contribution in [1.29, 1.82) is 0 Å². The number of carbonyl (C=O) groups excluding carboxylic acids is 2. The molecule has 0 saturated heterocycles. The van der Waals surface area contributed by atoms with Crippen LogP contribution in [0.2, 0.25) is 0 Å². The average molecular weight is 1080 g/mol. The van der Waals surface area contributed by atoms with Crippen LogP contribution in [0.3, 0.4) is 0 Å². The predicted octanol–water partition coefficient (Wildman–Crippen LogP) is 22.5. The zero-order valence-corrected chi connectivity index (χ0v) is 52.2. The lowest BCUT2D eigenvalue weighted by Crippen LogP contribution is -2.45. The van der Waals surface area contributed by atoms with Crippen molar-refractivity contribution >= 4 is 11.9 Å². The summed E-state index contributed by atoms with van der Waals surface area (Å²) in [5, 5.41) is 23.0. The first-order valence-electron chi connectivity index (χ1n) is 35.1. The minimum absolute atomic E-state index is 0.0190. The van der Waals surface area contributed by atoms with Crippen LogP contribution in [0.25, 0.3) is 0 Å². The number of unbranched alkanes of at least 4 members (excludes halogenated alkanes) is 53. The Morgan fingerprint density at radius 2 is 0.610 bits per heavy atom. The van der Waals surface area contributed by atoms with Crippen LogP contribution in [0, 0.1) is 0 Å². The quantitative estimate of drug-likeness (QED) is 0.0320. The molecule has 0 aromatic rings. The Balaban J connectivity index is 3.28. The van der Waals surface area contributed by atoms with E-state index < -0.39 is 12.1 Å². The van der Waals surface area contributed by atoms with Crippen LogP contribution < -0.4 is 5.32 Å². The Hall–Kier alpha value is -1.66. The van der Waals surface area contributed by atoms with Crippen molar-refractivity contribution in [3.63, 3.8) is 0 Å². The Morgan fingerprint density at radius 3 is 0.922 bits per heavy atom. The first-order valence-corrected chi connectivity index (χ1v) is 35.1. The smallest absolute Gasteiger partial charge is 0.305 e. The van der Waals surface area contributed by atoms with Gasteiger partial charge in [0.25, 0.3) is 0 Å². The van der Waals surface area contributed by atoms with Gasteiger partial charge >= 0.3 is 5.97 Å². The van der Waals surface area contributed by atoms with Gasteiger partial charge in [0.2, 0.25) is 5.91 Å². The van der Waals surface area contributed by atoms with Gasteiger partial charge in [-0.2, -0.15) is 0 Å². The molecule has 2 atom stereocenters. The largest absolute Gasteiger partial charge is 0.466 e. The van der Waals surface area contributed by atoms with E-state index >= 15 is 0 Å². The molecule has 0 heterocycles. The van der Waals surface area contributed by atoms with Crippen LogP contribution in [0.5, 0.6) is 0 Å². The molecule has 0 fully saturated rings. The fraction of sp³-hybridized carbons (Fsp3) is 0.915. The zero-order chi connectivity index (χ0) is 55.7. The lowest BCUT2D eigenvalue weighted by Gasteiger charge is -2.20. The predicted molar refractivity (Wildman–Crippen MR) is 338 cm³/mol. The van der Waals surface area contributed by atoms with Gasteiger partial charge < -0.3 is 20.3 Å². The van der Waals surface area contributed by atoms with E-state index in [1.165, 1.54) is 327 Å². The van der Waals surface area contributed by atoms with Gasteiger partial charge in [-0.3, -0.25) is 9.59 Å². The van der Waals surface area contributed by atoms with Crippen LogP contribution in [-0.2, 0) is 14.3 Å². The van der Waals surface area contributed by atoms with Gasteiger partial charge in [-0.15, -0.1) is 0 Å². The molecule has 6 heteroatoms. The third-order valence-corrected chi connectivity index (χ3v) is 16.5. The number of rotatable bonds is 66. The van der Waals surface area contributed by atoms with Crippen LogP contribution in [0.15, 0.2) is 24.3 Å². The van der Waals surface area contributed by atoms with Crippen molar-refractivity contribution in [3.8, 4) is 0 Å². The first kappa shape index (κ1) is 75.3. The highest BCUT2D eigenvalue weighted by molar-refractivity contribution is 5.76. The molecule has 0 radical (unpaired) electrons. The van der Waals surface area contributed by atoms with Crippen molar-refractivity contribution in [1.82, 2.24) is 5.32 Å². The lowest BCUT2D eigenvalue weighted by atomic mass is 10.0. The first-order chi connectivity index (χ1) is 38.0. The third kappa shape index (κ3) is 63.4. The summed E-state index contributed by atoms with van der Waals surface area (Å²) in [4.78, 5) is 24.5. The monoisotopic (exact) mass is 1080 g/mol. The van der Waals surface area contributed by atoms with Crippen LogP contribution in [0.1, 0.15) is 393 Å². The van der Waals surface area contributed by atoms with Crippen LogP contribution >= 0.6 is 0 Å². The summed E-state index contributed by atoms with van der Waals surface area (Å²) >= 11 is 0. The second kappa shape index (κ2) is 66.8. The lowest BCUT2D eigenvalue weighted by molar-refractivity contribution is -0.143. The average Bonchev–Trinajstić information content (AvgIpc) is 3.43. The summed E-state index contributed by atoms with van der Waals surface area (Å²) in [7, 11) is 0. The second-order valence-electron chi connectivity index (χ2n) is 24.2. The molecule has 0 aliphatic rings. The van der Waals surface area contributed by atoms with Crippen LogP contribution in [-0.4, -0.2) is 47.4 Å². The summed E-state index contributed by atoms with van der Waals surface area (Å²) in [5.41, 5.74) is 0. The van der Waals surface area contributed by atoms with Crippen molar-refractivity contribution < 1.29 is 24.5 Å². The molecule has 0 aromatic heterocycles. The van der Waals surface area contributed by atoms with E-state index in [1.807, 2.05) is 6.08 Å². The minimum atomic E-state index is -0.838. The van der Waals surface area contributed by atoms with Gasteiger partial charge in [-0.1, -0.05) is 346 Å². The standard InChI is InChI=1S/C71H137NO5/c1-3-5-7-9-11-13-14-15-16-17-36-39-42-45-49-53-57-61-65-71(76)77-66-62-58-54-50-46-43-40-37-34-32-30-28-26-24-22-20-18-19-21-23-25-27-29-31-33-35-38-41-44-48-52-56-60-64-70(75)72-68(67-73)69(74)63-59-55-51-47-12-10-8-6-4-2/h16-17,59,63,68-69,73-74H,3-15,18-58,60-62,64-67H2,1-2H3,(H,72,75)/b17-16-,63-59+. The van der Waals surface area contributed by atoms with Crippen molar-refractivity contribution in [2.45, 2.75) is 405 Å². The van der Waals surface area contributed by atoms with Gasteiger partial charge in [0.1, 0.15) is 0 Å². The SMILES string of the molecule is CCCCCCCCC/C=C\CCCCCCCCCC(=O)OCCCCCCCCCCCCCCCCCCCCCCCCCCCCCCCCCCCC(=O)NC(CO)C(O)/C=C/CCCCCCCCC. The highest BCUT2D eigenvalue weighted by Gasteiger charge is 2.18. The summed E-state index contributed by atoms with van der Waals surface area (Å²) < 4.78 is 5.51. The zero-order valence-electron chi connectivity index (χ0n) is 52.2. The summed E-state index contributed by atoms with van der Waals surface area (Å²) in [6.45, 7) is 4.90. The van der Waals surface area contributed by atoms with Crippen LogP contribution in [0.4, 0.5) is 0 Å². The van der Waals surface area contributed by atoms with E-state index in [0.717, 1.165) is 38.5 Å². The van der Waals surface area contributed by atoms with E-state index in [1.54, 1.807) is 6.08 Å². The molecule has 0 spiro atoms. The van der Waals surface area contributed by atoms with E-state index in [2.05, 4.69) is 31.3 Å². The highest BCUT2D eigenvalue weighted by Crippen LogP contribution is 2.19. The van der Waals surface area contributed by atoms with Crippen molar-refractivity contribution in [2.24, 2.45) is 0 Å². The molecular weight excluding hydrogens is 947 g/mol. The molecule has 0 aliphatic carbocycles. The number of hydrogen-bond acceptors (Lipinski definition) is 5. The van der Waals surface area contributed by atoms with Gasteiger partial charge in [0.05, 0.1) is 25.4 Å². The molecule has 3 N–H and O–H groups in total. The highest BCUT2D eigenvalue weighted by atomic mass is 16.5. The minimum Gasteiger partial charge on any atom is -0.466 e. The number of hydrogen-bond donors (Lipinski definition) is 3. The number of nitrogens with one attached hydrogen (secondary N) is 1. The molecular formula is C71H137NO5. The Kier molecular flexibility index (Phi) is 65.4. The topological polar surface area (TPSA) is 95.9 Å². The Labute approximate surface area is 481 Å². The van der Waals surface area contributed by atoms with Gasteiger partial charge in [0, 0.05) is 12.8 Å². The molecule has 0 bridgehead atoms. The van der Waals surface area contributed by atoms with E-state index in [0.29, 0.717) is 19.4 Å². The number of allylic oxidation sites excluding steroid dienone is 3. The molecule has 0 aromatic carbocycles. The fourth-order valence-electron chi connectivity index (χ4n) is 11.1. The number of esters is 1. The summed E-state index contributed by atoms with van der Waals surface area (Å²) in [5.74, 6) is -0.0453. The normalized spacial score (nSPS) is 12.6. The van der Waals surface area contributed by atoms with E-state index in [4.69, 9.17) is 4.74 Å². The molecule has 6 nitrogen and oxygen atoms in total. The summed E-state index contributed by atoms with van der Waals surface area (Å²) in [6, 6.07) is -0.621. The maximum atomic E-state index is 12.4. The third-order valence-electron chi connectivity index (χ3n) is 16.5. The number of carbonyl (C=O) groups is 2. The maximum absolute atomic E-state index is 12.4. The van der Waals surface area contributed by atoms with Gasteiger partial charge in [-0.25, -0.2) is 0 Å². The molecule has 77 heavy (non-hydrogen) atoms. The van der Waals surface area contributed by atoms with Gasteiger partial charge in [0.15, 0.2) is 0 Å². The number of aliphatic hydroxyl groups excluding tert-OH is 2. The summed E-state index contributed by atoms with van der Waals surface area (Å²) in [6.07, 6.45) is 84.3. The van der Waals surface area contributed by atoms with E-state index in [-0.39, 0.29) is 18.5 Å². The molecule has 0 rings (SSSR count).